The number of hydrogen-bond acceptors (Lipinski definition) is 3. The molecule has 19 heavy (non-hydrogen) atoms. The quantitative estimate of drug-likeness (QED) is 0.943. The van der Waals surface area contributed by atoms with E-state index in [0.717, 1.165) is 11.1 Å². The second kappa shape index (κ2) is 5.74. The van der Waals surface area contributed by atoms with Crippen LogP contribution in [0.4, 0.5) is 0 Å². The van der Waals surface area contributed by atoms with Gasteiger partial charge in [-0.15, -0.1) is 0 Å². The van der Waals surface area contributed by atoms with Crippen molar-refractivity contribution >= 4 is 21.4 Å². The van der Waals surface area contributed by atoms with Gasteiger partial charge in [-0.25, -0.2) is 8.42 Å². The Labute approximate surface area is 117 Å². The first-order valence-corrected chi connectivity index (χ1v) is 7.81. The van der Waals surface area contributed by atoms with E-state index in [4.69, 9.17) is 17.3 Å². The number of halogens is 1. The summed E-state index contributed by atoms with van der Waals surface area (Å²) in [6, 6.07) is 13.5. The van der Waals surface area contributed by atoms with Crippen LogP contribution in [0.3, 0.4) is 0 Å². The average Bonchev–Trinajstić information content (AvgIpc) is 2.39. The summed E-state index contributed by atoms with van der Waals surface area (Å²) < 4.78 is 24.6. The average molecular weight is 296 g/mol. The third kappa shape index (κ3) is 3.35. The van der Waals surface area contributed by atoms with Crippen molar-refractivity contribution in [1.82, 2.24) is 0 Å². The van der Waals surface area contributed by atoms with Crippen LogP contribution in [-0.4, -0.2) is 8.42 Å². The Kier molecular flexibility index (Phi) is 4.24. The monoisotopic (exact) mass is 295 g/mol. The molecule has 5 heteroatoms. The van der Waals surface area contributed by atoms with Gasteiger partial charge < -0.3 is 5.73 Å². The van der Waals surface area contributed by atoms with Gasteiger partial charge in [-0.2, -0.15) is 0 Å². The van der Waals surface area contributed by atoms with E-state index in [1.807, 2.05) is 18.2 Å². The zero-order valence-electron chi connectivity index (χ0n) is 10.2. The number of sulfone groups is 1. The zero-order chi connectivity index (χ0) is 13.9. The SMILES string of the molecule is NCc1ccccc1CS(=O)(=O)c1ccc(Cl)cc1. The lowest BCUT2D eigenvalue weighted by molar-refractivity contribution is 0.595. The molecule has 0 bridgehead atoms. The van der Waals surface area contributed by atoms with Crippen molar-refractivity contribution in [2.24, 2.45) is 5.73 Å². The highest BCUT2D eigenvalue weighted by molar-refractivity contribution is 7.90. The molecule has 0 aliphatic carbocycles. The predicted octanol–water partition coefficient (Wildman–Crippen LogP) is 2.77. The fourth-order valence-electron chi connectivity index (χ4n) is 1.83. The van der Waals surface area contributed by atoms with Crippen LogP contribution in [0.1, 0.15) is 11.1 Å². The standard InChI is InChI=1S/C14H14ClNO2S/c15-13-5-7-14(8-6-13)19(17,18)10-12-4-2-1-3-11(12)9-16/h1-8H,9-10,16H2. The first kappa shape index (κ1) is 14.1. The summed E-state index contributed by atoms with van der Waals surface area (Å²) in [5, 5.41) is 0.515. The normalized spacial score (nSPS) is 11.5. The first-order chi connectivity index (χ1) is 9.03. The Balaban J connectivity index is 2.34. The van der Waals surface area contributed by atoms with Crippen molar-refractivity contribution in [2.75, 3.05) is 0 Å². The molecule has 0 amide bonds. The van der Waals surface area contributed by atoms with Gasteiger partial charge in [-0.1, -0.05) is 35.9 Å². The Morgan fingerprint density at radius 3 is 2.11 bits per heavy atom. The second-order valence-corrected chi connectivity index (χ2v) is 6.61. The number of benzene rings is 2. The summed E-state index contributed by atoms with van der Waals surface area (Å²) in [6.07, 6.45) is 0. The van der Waals surface area contributed by atoms with Crippen LogP contribution in [0.5, 0.6) is 0 Å². The van der Waals surface area contributed by atoms with E-state index in [9.17, 15) is 8.42 Å². The largest absolute Gasteiger partial charge is 0.326 e. The van der Waals surface area contributed by atoms with Gasteiger partial charge in [0.05, 0.1) is 10.6 Å². The van der Waals surface area contributed by atoms with E-state index >= 15 is 0 Å². The van der Waals surface area contributed by atoms with Gasteiger partial charge >= 0.3 is 0 Å². The van der Waals surface area contributed by atoms with Crippen molar-refractivity contribution in [3.05, 3.63) is 64.7 Å². The maximum Gasteiger partial charge on any atom is 0.182 e. The minimum Gasteiger partial charge on any atom is -0.326 e. The Hall–Kier alpha value is -1.36. The van der Waals surface area contributed by atoms with Crippen molar-refractivity contribution < 1.29 is 8.42 Å². The molecular weight excluding hydrogens is 282 g/mol. The minimum atomic E-state index is -3.38. The molecule has 2 N–H and O–H groups in total. The van der Waals surface area contributed by atoms with E-state index < -0.39 is 9.84 Å². The van der Waals surface area contributed by atoms with Crippen molar-refractivity contribution in [3.63, 3.8) is 0 Å². The van der Waals surface area contributed by atoms with Gasteiger partial charge in [0.25, 0.3) is 0 Å². The Morgan fingerprint density at radius 1 is 0.947 bits per heavy atom. The first-order valence-electron chi connectivity index (χ1n) is 5.78. The predicted molar refractivity (Wildman–Crippen MR) is 76.7 cm³/mol. The van der Waals surface area contributed by atoms with Crippen molar-refractivity contribution in [3.8, 4) is 0 Å². The van der Waals surface area contributed by atoms with Crippen LogP contribution < -0.4 is 5.73 Å². The molecule has 2 aromatic rings. The third-order valence-corrected chi connectivity index (χ3v) is 4.79. The maximum atomic E-state index is 12.3. The van der Waals surface area contributed by atoms with Gasteiger partial charge in [0.2, 0.25) is 0 Å². The molecule has 0 spiro atoms. The lowest BCUT2D eigenvalue weighted by Gasteiger charge is -2.08. The summed E-state index contributed by atoms with van der Waals surface area (Å²) >= 11 is 5.76. The highest BCUT2D eigenvalue weighted by Gasteiger charge is 2.16. The van der Waals surface area contributed by atoms with Crippen LogP contribution in [0, 0.1) is 0 Å². The van der Waals surface area contributed by atoms with Gasteiger partial charge in [-0.3, -0.25) is 0 Å². The summed E-state index contributed by atoms with van der Waals surface area (Å²) in [5.41, 5.74) is 7.20. The summed E-state index contributed by atoms with van der Waals surface area (Å²) in [6.45, 7) is 0.326. The number of nitrogens with two attached hydrogens (primary N) is 1. The van der Waals surface area contributed by atoms with Crippen molar-refractivity contribution in [1.29, 1.82) is 0 Å². The van der Waals surface area contributed by atoms with Crippen molar-refractivity contribution in [2.45, 2.75) is 17.2 Å². The number of rotatable bonds is 4. The molecule has 0 radical (unpaired) electrons. The third-order valence-electron chi connectivity index (χ3n) is 2.86. The molecule has 0 unspecified atom stereocenters. The lowest BCUT2D eigenvalue weighted by atomic mass is 10.1. The highest BCUT2D eigenvalue weighted by Crippen LogP contribution is 2.20. The van der Waals surface area contributed by atoms with Gasteiger partial charge in [0, 0.05) is 11.6 Å². The zero-order valence-corrected chi connectivity index (χ0v) is 11.8. The molecule has 0 atom stereocenters. The summed E-state index contributed by atoms with van der Waals surface area (Å²) in [5.74, 6) is -0.0536. The maximum absolute atomic E-state index is 12.3. The lowest BCUT2D eigenvalue weighted by Crippen LogP contribution is -2.09. The van der Waals surface area contributed by atoms with Crippen LogP contribution in [0.15, 0.2) is 53.4 Å². The fourth-order valence-corrected chi connectivity index (χ4v) is 3.36. The van der Waals surface area contributed by atoms with Crippen LogP contribution >= 0.6 is 11.6 Å². The highest BCUT2D eigenvalue weighted by atomic mass is 35.5. The van der Waals surface area contributed by atoms with E-state index in [-0.39, 0.29) is 10.6 Å². The molecule has 2 rings (SSSR count). The van der Waals surface area contributed by atoms with E-state index in [2.05, 4.69) is 0 Å². The molecule has 100 valence electrons. The van der Waals surface area contributed by atoms with E-state index in [0.29, 0.717) is 11.6 Å². The smallest absolute Gasteiger partial charge is 0.182 e. The molecule has 0 aromatic heterocycles. The summed E-state index contributed by atoms with van der Waals surface area (Å²) in [7, 11) is -3.38. The molecule has 0 aliphatic heterocycles. The molecule has 0 saturated heterocycles. The molecule has 2 aromatic carbocycles. The minimum absolute atomic E-state index is 0.0536. The summed E-state index contributed by atoms with van der Waals surface area (Å²) in [4.78, 5) is 0.267. The number of hydrogen-bond donors (Lipinski definition) is 1. The molecule has 3 nitrogen and oxygen atoms in total. The van der Waals surface area contributed by atoms with Gasteiger partial charge in [0.1, 0.15) is 0 Å². The van der Waals surface area contributed by atoms with Gasteiger partial charge in [-0.05, 0) is 35.4 Å². The topological polar surface area (TPSA) is 60.2 Å². The second-order valence-electron chi connectivity index (χ2n) is 4.19. The molecular formula is C14H14ClNO2S. The molecule has 0 saturated carbocycles. The van der Waals surface area contributed by atoms with E-state index in [1.165, 1.54) is 12.1 Å². The Morgan fingerprint density at radius 2 is 1.53 bits per heavy atom. The molecule has 0 fully saturated rings. The Bertz CT molecular complexity index is 666. The fraction of sp³-hybridized carbons (Fsp3) is 0.143. The van der Waals surface area contributed by atoms with Crippen LogP contribution in [0.2, 0.25) is 5.02 Å². The van der Waals surface area contributed by atoms with Crippen LogP contribution in [0.25, 0.3) is 0 Å². The van der Waals surface area contributed by atoms with Crippen LogP contribution in [-0.2, 0) is 22.1 Å². The van der Waals surface area contributed by atoms with E-state index in [1.54, 1.807) is 18.2 Å². The van der Waals surface area contributed by atoms with Gasteiger partial charge in [0.15, 0.2) is 9.84 Å². The molecule has 0 heterocycles. The molecule has 0 aliphatic rings.